The molecule has 6 heteroatoms. The molecule has 2 aliphatic heterocycles. The number of rotatable bonds is 5. The zero-order valence-electron chi connectivity index (χ0n) is 14.5. The van der Waals surface area contributed by atoms with Gasteiger partial charge >= 0.3 is 0 Å². The molecule has 128 valence electrons. The third-order valence-electron chi connectivity index (χ3n) is 4.58. The van der Waals surface area contributed by atoms with Gasteiger partial charge in [-0.15, -0.1) is 0 Å². The van der Waals surface area contributed by atoms with Gasteiger partial charge in [0.1, 0.15) is 0 Å². The first-order chi connectivity index (χ1) is 11.1. The Morgan fingerprint density at radius 2 is 2.09 bits per heavy atom. The molecule has 1 aromatic rings. The van der Waals surface area contributed by atoms with Gasteiger partial charge in [0.05, 0.1) is 18.3 Å². The van der Waals surface area contributed by atoms with Crippen LogP contribution in [0.5, 0.6) is 5.88 Å². The van der Waals surface area contributed by atoms with E-state index in [0.29, 0.717) is 18.6 Å². The summed E-state index contributed by atoms with van der Waals surface area (Å²) in [6, 6.07) is 1.81. The fourth-order valence-electron chi connectivity index (χ4n) is 3.34. The molecule has 2 aliphatic rings. The topological polar surface area (TPSA) is 50.7 Å². The summed E-state index contributed by atoms with van der Waals surface area (Å²) >= 11 is 0. The Morgan fingerprint density at radius 3 is 2.74 bits per heavy atom. The molecule has 0 spiro atoms. The van der Waals surface area contributed by atoms with Gasteiger partial charge in [-0.2, -0.15) is 4.98 Å². The van der Waals surface area contributed by atoms with E-state index in [1.54, 1.807) is 6.20 Å². The Kier molecular flexibility index (Phi) is 5.02. The maximum absolute atomic E-state index is 6.11. The van der Waals surface area contributed by atoms with Crippen molar-refractivity contribution in [3.8, 4) is 5.88 Å². The number of nitrogens with zero attached hydrogens (tertiary/aromatic N) is 4. The van der Waals surface area contributed by atoms with Crippen molar-refractivity contribution < 1.29 is 9.47 Å². The highest BCUT2D eigenvalue weighted by atomic mass is 16.5. The van der Waals surface area contributed by atoms with E-state index in [1.165, 1.54) is 6.42 Å². The first kappa shape index (κ1) is 16.5. The van der Waals surface area contributed by atoms with E-state index in [0.717, 1.165) is 45.1 Å². The third kappa shape index (κ3) is 4.32. The summed E-state index contributed by atoms with van der Waals surface area (Å²) < 4.78 is 11.6. The summed E-state index contributed by atoms with van der Waals surface area (Å²) in [5.41, 5.74) is 0.0556. The Balaban J connectivity index is 1.49. The normalized spacial score (nSPS) is 24.8. The molecular formula is C17H28N4O2. The van der Waals surface area contributed by atoms with Crippen LogP contribution in [0, 0.1) is 0 Å². The zero-order valence-corrected chi connectivity index (χ0v) is 14.5. The molecule has 0 aromatic carbocycles. The van der Waals surface area contributed by atoms with Gasteiger partial charge in [-0.25, -0.2) is 4.98 Å². The van der Waals surface area contributed by atoms with E-state index in [2.05, 4.69) is 33.6 Å². The molecule has 23 heavy (non-hydrogen) atoms. The maximum Gasteiger partial charge on any atom is 0.228 e. The van der Waals surface area contributed by atoms with E-state index in [9.17, 15) is 0 Å². The van der Waals surface area contributed by atoms with Gasteiger partial charge < -0.3 is 14.4 Å². The van der Waals surface area contributed by atoms with E-state index in [1.807, 2.05) is 13.0 Å². The number of aromatic nitrogens is 2. The van der Waals surface area contributed by atoms with Crippen LogP contribution < -0.4 is 9.64 Å². The Hall–Kier alpha value is -1.40. The molecule has 1 unspecified atom stereocenters. The second-order valence-electron chi connectivity index (χ2n) is 6.95. The molecule has 3 rings (SSSR count). The molecule has 0 aliphatic carbocycles. The van der Waals surface area contributed by atoms with Gasteiger partial charge in [-0.05, 0) is 33.6 Å². The average Bonchev–Trinajstić information content (AvgIpc) is 2.87. The van der Waals surface area contributed by atoms with Gasteiger partial charge in [0.15, 0.2) is 0 Å². The SMILES string of the molecule is CCOc1ccnc(N2CCN(CC3CCC(C)(C)O3)CC2)n1. The maximum atomic E-state index is 6.11. The summed E-state index contributed by atoms with van der Waals surface area (Å²) in [7, 11) is 0. The summed E-state index contributed by atoms with van der Waals surface area (Å²) in [5.74, 6) is 1.43. The van der Waals surface area contributed by atoms with Crippen LogP contribution in [-0.2, 0) is 4.74 Å². The average molecular weight is 320 g/mol. The molecule has 3 heterocycles. The van der Waals surface area contributed by atoms with Crippen LogP contribution >= 0.6 is 0 Å². The lowest BCUT2D eigenvalue weighted by Crippen LogP contribution is -2.49. The molecule has 2 fully saturated rings. The van der Waals surface area contributed by atoms with Crippen molar-refractivity contribution in [1.29, 1.82) is 0 Å². The Labute approximate surface area is 138 Å². The quantitative estimate of drug-likeness (QED) is 0.826. The van der Waals surface area contributed by atoms with Gasteiger partial charge in [0.25, 0.3) is 0 Å². The minimum atomic E-state index is 0.0556. The van der Waals surface area contributed by atoms with E-state index in [4.69, 9.17) is 9.47 Å². The van der Waals surface area contributed by atoms with Crippen molar-refractivity contribution in [3.05, 3.63) is 12.3 Å². The molecule has 6 nitrogen and oxygen atoms in total. The standard InChI is InChI=1S/C17H28N4O2/c1-4-22-15-6-8-18-16(19-15)21-11-9-20(10-12-21)13-14-5-7-17(2,3)23-14/h6,8,14H,4-5,7,9-13H2,1-3H3. The van der Waals surface area contributed by atoms with Crippen molar-refractivity contribution in [3.63, 3.8) is 0 Å². The molecule has 0 saturated carbocycles. The molecule has 0 bridgehead atoms. The van der Waals surface area contributed by atoms with Crippen molar-refractivity contribution >= 4 is 5.95 Å². The minimum absolute atomic E-state index is 0.0556. The van der Waals surface area contributed by atoms with Crippen molar-refractivity contribution in [2.45, 2.75) is 45.3 Å². The number of anilines is 1. The summed E-state index contributed by atoms with van der Waals surface area (Å²) in [6.45, 7) is 12.0. The number of ether oxygens (including phenoxy) is 2. The lowest BCUT2D eigenvalue weighted by atomic mass is 10.1. The molecule has 0 radical (unpaired) electrons. The first-order valence-electron chi connectivity index (χ1n) is 8.67. The smallest absolute Gasteiger partial charge is 0.228 e. The van der Waals surface area contributed by atoms with Crippen LogP contribution in [0.15, 0.2) is 12.3 Å². The van der Waals surface area contributed by atoms with Crippen LogP contribution in [-0.4, -0.2) is 65.9 Å². The first-order valence-corrected chi connectivity index (χ1v) is 8.67. The van der Waals surface area contributed by atoms with Crippen molar-refractivity contribution in [2.75, 3.05) is 44.2 Å². The lowest BCUT2D eigenvalue weighted by molar-refractivity contribution is -0.0291. The number of hydrogen-bond donors (Lipinski definition) is 0. The van der Waals surface area contributed by atoms with E-state index < -0.39 is 0 Å². The molecule has 1 aromatic heterocycles. The summed E-state index contributed by atoms with van der Waals surface area (Å²) in [4.78, 5) is 13.6. The molecule has 0 amide bonds. The Bertz CT molecular complexity index is 515. The predicted octanol–water partition coefficient (Wildman–Crippen LogP) is 1.95. The highest BCUT2D eigenvalue weighted by Crippen LogP contribution is 2.30. The van der Waals surface area contributed by atoms with Crippen molar-refractivity contribution in [1.82, 2.24) is 14.9 Å². The van der Waals surface area contributed by atoms with Gasteiger partial charge in [0.2, 0.25) is 11.8 Å². The van der Waals surface area contributed by atoms with Crippen LogP contribution in [0.25, 0.3) is 0 Å². The minimum Gasteiger partial charge on any atom is -0.478 e. The summed E-state index contributed by atoms with van der Waals surface area (Å²) in [6.07, 6.45) is 4.49. The molecule has 2 saturated heterocycles. The second kappa shape index (κ2) is 7.01. The highest BCUT2D eigenvalue weighted by molar-refractivity contribution is 5.32. The molecule has 0 N–H and O–H groups in total. The highest BCUT2D eigenvalue weighted by Gasteiger charge is 2.33. The lowest BCUT2D eigenvalue weighted by Gasteiger charge is -2.36. The largest absolute Gasteiger partial charge is 0.478 e. The number of hydrogen-bond acceptors (Lipinski definition) is 6. The van der Waals surface area contributed by atoms with Crippen LogP contribution in [0.4, 0.5) is 5.95 Å². The number of piperazine rings is 1. The van der Waals surface area contributed by atoms with Crippen molar-refractivity contribution in [2.24, 2.45) is 0 Å². The van der Waals surface area contributed by atoms with Gasteiger partial charge in [0, 0.05) is 45.0 Å². The third-order valence-corrected chi connectivity index (χ3v) is 4.58. The van der Waals surface area contributed by atoms with Crippen LogP contribution in [0.3, 0.4) is 0 Å². The Morgan fingerprint density at radius 1 is 1.30 bits per heavy atom. The van der Waals surface area contributed by atoms with Crippen LogP contribution in [0.2, 0.25) is 0 Å². The predicted molar refractivity (Wildman–Crippen MR) is 90.0 cm³/mol. The van der Waals surface area contributed by atoms with E-state index in [-0.39, 0.29) is 5.60 Å². The fraction of sp³-hybridized carbons (Fsp3) is 0.765. The second-order valence-corrected chi connectivity index (χ2v) is 6.95. The van der Waals surface area contributed by atoms with E-state index >= 15 is 0 Å². The molecular weight excluding hydrogens is 292 g/mol. The van der Waals surface area contributed by atoms with Crippen LogP contribution in [0.1, 0.15) is 33.6 Å². The van der Waals surface area contributed by atoms with Gasteiger partial charge in [-0.3, -0.25) is 4.90 Å². The zero-order chi connectivity index (χ0) is 16.3. The molecule has 1 atom stereocenters. The monoisotopic (exact) mass is 320 g/mol. The summed E-state index contributed by atoms with van der Waals surface area (Å²) in [5, 5.41) is 0. The van der Waals surface area contributed by atoms with Gasteiger partial charge in [-0.1, -0.05) is 0 Å². The fourth-order valence-corrected chi connectivity index (χ4v) is 3.34.